The number of hydrogen-bond acceptors (Lipinski definition) is 2. The fourth-order valence-electron chi connectivity index (χ4n) is 1.76. The smallest absolute Gasteiger partial charge is 0.306 e. The highest BCUT2D eigenvalue weighted by molar-refractivity contribution is 9.09. The zero-order valence-electron chi connectivity index (χ0n) is 8.56. The predicted molar refractivity (Wildman–Crippen MR) is 58.8 cm³/mol. The van der Waals surface area contributed by atoms with Gasteiger partial charge in [-0.05, 0) is 19.3 Å². The summed E-state index contributed by atoms with van der Waals surface area (Å²) in [5.41, 5.74) is 0. The first kappa shape index (κ1) is 12.0. The van der Waals surface area contributed by atoms with E-state index in [0.717, 1.165) is 6.54 Å². The maximum atomic E-state index is 11.0. The van der Waals surface area contributed by atoms with Gasteiger partial charge in [-0.1, -0.05) is 15.9 Å². The van der Waals surface area contributed by atoms with Crippen LogP contribution in [0.15, 0.2) is 0 Å². The molecule has 1 fully saturated rings. The van der Waals surface area contributed by atoms with Crippen LogP contribution in [0.5, 0.6) is 0 Å². The first-order valence-electron chi connectivity index (χ1n) is 5.38. The van der Waals surface area contributed by atoms with Gasteiger partial charge in [-0.25, -0.2) is 0 Å². The van der Waals surface area contributed by atoms with E-state index >= 15 is 0 Å². The summed E-state index contributed by atoms with van der Waals surface area (Å²) in [7, 11) is 0. The van der Waals surface area contributed by atoms with Gasteiger partial charge < -0.3 is 9.64 Å². The van der Waals surface area contributed by atoms with Crippen LogP contribution in [0.3, 0.4) is 0 Å². The molecule has 1 aliphatic heterocycles. The molecule has 14 heavy (non-hydrogen) atoms. The summed E-state index contributed by atoms with van der Waals surface area (Å²) in [4.78, 5) is 12.6. The second-order valence-corrected chi connectivity index (χ2v) is 4.51. The molecule has 0 aromatic carbocycles. The molecule has 0 atom stereocenters. The summed E-state index contributed by atoms with van der Waals surface area (Å²) >= 11 is 3.21. The summed E-state index contributed by atoms with van der Waals surface area (Å²) in [6.45, 7) is 4.06. The lowest BCUT2D eigenvalue weighted by atomic mass is 10.1. The Hall–Kier alpha value is -0.0900. The van der Waals surface area contributed by atoms with Crippen LogP contribution in [0, 0.1) is 0 Å². The molecule has 1 saturated heterocycles. The molecule has 3 nitrogen and oxygen atoms in total. The summed E-state index contributed by atoms with van der Waals surface area (Å²) in [5.74, 6) is -0.0849. The lowest BCUT2D eigenvalue weighted by molar-refractivity contribution is -0.905. The van der Waals surface area contributed by atoms with Crippen molar-refractivity contribution in [1.82, 2.24) is 0 Å². The Morgan fingerprint density at radius 1 is 1.29 bits per heavy atom. The van der Waals surface area contributed by atoms with E-state index in [2.05, 4.69) is 15.9 Å². The zero-order chi connectivity index (χ0) is 10.2. The van der Waals surface area contributed by atoms with Crippen molar-refractivity contribution in [2.75, 3.05) is 31.6 Å². The molecule has 0 spiro atoms. The van der Waals surface area contributed by atoms with Gasteiger partial charge in [0.25, 0.3) is 0 Å². The highest BCUT2D eigenvalue weighted by Gasteiger charge is 2.13. The van der Waals surface area contributed by atoms with Crippen LogP contribution in [0.2, 0.25) is 0 Å². The number of likely N-dealkylation sites (tertiary alicyclic amines) is 1. The molecular formula is C10H19BrNO2+. The predicted octanol–water partition coefficient (Wildman–Crippen LogP) is 0.383. The Morgan fingerprint density at radius 3 is 2.64 bits per heavy atom. The third kappa shape index (κ3) is 4.96. The molecule has 1 N–H and O–H groups in total. The minimum Gasteiger partial charge on any atom is -0.460 e. The average Bonchev–Trinajstić information content (AvgIpc) is 2.20. The van der Waals surface area contributed by atoms with Crippen LogP contribution in [0.4, 0.5) is 0 Å². The van der Waals surface area contributed by atoms with Gasteiger partial charge in [0.15, 0.2) is 0 Å². The van der Waals surface area contributed by atoms with Gasteiger partial charge in [-0.3, -0.25) is 4.79 Å². The molecule has 4 heteroatoms. The fourth-order valence-corrected chi connectivity index (χ4v) is 2.08. The van der Waals surface area contributed by atoms with Gasteiger partial charge in [0, 0.05) is 5.33 Å². The highest BCUT2D eigenvalue weighted by atomic mass is 79.9. The number of piperidine rings is 1. The summed E-state index contributed by atoms with van der Waals surface area (Å²) in [6.07, 6.45) is 4.50. The topological polar surface area (TPSA) is 30.7 Å². The zero-order valence-corrected chi connectivity index (χ0v) is 10.1. The van der Waals surface area contributed by atoms with Gasteiger partial charge in [0.1, 0.15) is 13.2 Å². The first-order chi connectivity index (χ1) is 6.83. The number of nitrogens with one attached hydrogen (secondary N) is 1. The van der Waals surface area contributed by atoms with E-state index in [4.69, 9.17) is 4.74 Å². The normalized spacial score (nSPS) is 18.1. The minimum absolute atomic E-state index is 0.0849. The molecule has 1 heterocycles. The van der Waals surface area contributed by atoms with Gasteiger partial charge in [0.2, 0.25) is 0 Å². The van der Waals surface area contributed by atoms with Crippen molar-refractivity contribution in [3.05, 3.63) is 0 Å². The molecule has 1 aliphatic rings. The Labute approximate surface area is 93.9 Å². The number of esters is 1. The number of hydrogen-bond donors (Lipinski definition) is 1. The maximum Gasteiger partial charge on any atom is 0.306 e. The van der Waals surface area contributed by atoms with Crippen LogP contribution in [0.1, 0.15) is 25.7 Å². The van der Waals surface area contributed by atoms with Crippen molar-refractivity contribution in [1.29, 1.82) is 0 Å². The molecule has 0 bridgehead atoms. The minimum atomic E-state index is -0.0849. The highest BCUT2D eigenvalue weighted by Crippen LogP contribution is 1.94. The number of carbonyl (C=O) groups excluding carboxylic acids is 1. The van der Waals surface area contributed by atoms with E-state index < -0.39 is 0 Å². The van der Waals surface area contributed by atoms with Crippen molar-refractivity contribution < 1.29 is 14.4 Å². The quantitative estimate of drug-likeness (QED) is 0.575. The Balaban J connectivity index is 1.99. The molecule has 0 saturated carbocycles. The first-order valence-corrected chi connectivity index (χ1v) is 6.50. The van der Waals surface area contributed by atoms with Gasteiger partial charge in [0.05, 0.1) is 19.5 Å². The molecule has 0 aliphatic carbocycles. The van der Waals surface area contributed by atoms with E-state index in [1.165, 1.54) is 32.4 Å². The van der Waals surface area contributed by atoms with E-state index in [0.29, 0.717) is 18.4 Å². The number of halogens is 1. The summed E-state index contributed by atoms with van der Waals surface area (Å²) in [6, 6.07) is 0. The number of ether oxygens (including phenoxy) is 1. The van der Waals surface area contributed by atoms with Crippen LogP contribution >= 0.6 is 15.9 Å². The lowest BCUT2D eigenvalue weighted by Gasteiger charge is -2.23. The van der Waals surface area contributed by atoms with Crippen molar-refractivity contribution in [2.24, 2.45) is 0 Å². The van der Waals surface area contributed by atoms with Crippen molar-refractivity contribution in [3.8, 4) is 0 Å². The van der Waals surface area contributed by atoms with Gasteiger partial charge in [-0.15, -0.1) is 0 Å². The summed E-state index contributed by atoms with van der Waals surface area (Å²) in [5, 5.41) is 0.697. The van der Waals surface area contributed by atoms with Gasteiger partial charge >= 0.3 is 5.97 Å². The Bertz CT molecular complexity index is 170. The number of alkyl halides is 1. The van der Waals surface area contributed by atoms with Crippen molar-refractivity contribution >= 4 is 21.9 Å². The molecular weight excluding hydrogens is 246 g/mol. The molecule has 82 valence electrons. The van der Waals surface area contributed by atoms with E-state index in [9.17, 15) is 4.79 Å². The number of rotatable bonds is 5. The average molecular weight is 265 g/mol. The molecule has 1 rings (SSSR count). The van der Waals surface area contributed by atoms with Crippen molar-refractivity contribution in [3.63, 3.8) is 0 Å². The second-order valence-electron chi connectivity index (χ2n) is 3.72. The van der Waals surface area contributed by atoms with Crippen LogP contribution in [-0.2, 0) is 9.53 Å². The standard InChI is InChI=1S/C10H18BrNO2/c11-5-4-10(13)14-9-8-12-6-2-1-3-7-12/h1-9H2/p+1. The second kappa shape index (κ2) is 7.23. The third-order valence-electron chi connectivity index (χ3n) is 2.58. The SMILES string of the molecule is O=C(CCBr)OCC[NH+]1CCCCC1. The number of carbonyl (C=O) groups is 1. The Kier molecular flexibility index (Phi) is 6.19. The van der Waals surface area contributed by atoms with E-state index in [-0.39, 0.29) is 5.97 Å². The fraction of sp³-hybridized carbons (Fsp3) is 0.900. The molecule has 0 aromatic heterocycles. The monoisotopic (exact) mass is 264 g/mol. The molecule has 0 unspecified atom stereocenters. The van der Waals surface area contributed by atoms with Crippen LogP contribution < -0.4 is 4.90 Å². The van der Waals surface area contributed by atoms with E-state index in [1.807, 2.05) is 0 Å². The van der Waals surface area contributed by atoms with Crippen LogP contribution in [-0.4, -0.2) is 37.5 Å². The number of quaternary nitrogens is 1. The van der Waals surface area contributed by atoms with Crippen LogP contribution in [0.25, 0.3) is 0 Å². The molecule has 0 amide bonds. The van der Waals surface area contributed by atoms with E-state index in [1.54, 1.807) is 4.90 Å². The largest absolute Gasteiger partial charge is 0.460 e. The lowest BCUT2D eigenvalue weighted by Crippen LogP contribution is -3.13. The Morgan fingerprint density at radius 2 is 2.00 bits per heavy atom. The molecule has 0 radical (unpaired) electrons. The summed E-state index contributed by atoms with van der Waals surface area (Å²) < 4.78 is 5.10. The van der Waals surface area contributed by atoms with Crippen molar-refractivity contribution in [2.45, 2.75) is 25.7 Å². The maximum absolute atomic E-state index is 11.0. The third-order valence-corrected chi connectivity index (χ3v) is 2.97. The molecule has 0 aromatic rings. The van der Waals surface area contributed by atoms with Gasteiger partial charge in [-0.2, -0.15) is 0 Å².